The van der Waals surface area contributed by atoms with Gasteiger partial charge in [-0.25, -0.2) is 22.9 Å². The van der Waals surface area contributed by atoms with E-state index in [0.29, 0.717) is 28.1 Å². The highest BCUT2D eigenvalue weighted by Crippen LogP contribution is 2.30. The molecule has 0 spiro atoms. The van der Waals surface area contributed by atoms with Crippen LogP contribution in [0.5, 0.6) is 0 Å². The highest BCUT2D eigenvalue weighted by molar-refractivity contribution is 6.00. The second-order valence-corrected chi connectivity index (χ2v) is 6.09. The smallest absolute Gasteiger partial charge is 0.323 e. The van der Waals surface area contributed by atoms with Crippen LogP contribution in [0.2, 0.25) is 0 Å². The summed E-state index contributed by atoms with van der Waals surface area (Å²) >= 11 is 0. The molecule has 0 unspecified atom stereocenters. The Kier molecular flexibility index (Phi) is 3.71. The van der Waals surface area contributed by atoms with E-state index in [0.717, 1.165) is 0 Å². The first-order chi connectivity index (χ1) is 12.4. The van der Waals surface area contributed by atoms with Gasteiger partial charge in [0.2, 0.25) is 0 Å². The van der Waals surface area contributed by atoms with E-state index in [4.69, 9.17) is 0 Å². The van der Waals surface area contributed by atoms with Crippen molar-refractivity contribution in [2.45, 2.75) is 5.92 Å². The first-order valence-electron chi connectivity index (χ1n) is 7.83. The molecule has 26 heavy (non-hydrogen) atoms. The lowest BCUT2D eigenvalue weighted by Gasteiger charge is -2.39. The Morgan fingerprint density at radius 3 is 2.58 bits per heavy atom. The van der Waals surface area contributed by atoms with E-state index in [1.807, 2.05) is 0 Å². The number of halogens is 3. The Hall–Kier alpha value is -3.23. The molecule has 1 aliphatic heterocycles. The van der Waals surface area contributed by atoms with Crippen molar-refractivity contribution in [2.75, 3.05) is 28.6 Å². The number of hydrogen-bond acceptors (Lipinski definition) is 3. The Morgan fingerprint density at radius 2 is 1.88 bits per heavy atom. The van der Waals surface area contributed by atoms with Gasteiger partial charge < -0.3 is 20.5 Å². The number of alkyl halides is 2. The van der Waals surface area contributed by atoms with E-state index in [1.54, 1.807) is 30.3 Å². The zero-order valence-corrected chi connectivity index (χ0v) is 13.4. The molecule has 2 aromatic heterocycles. The van der Waals surface area contributed by atoms with Gasteiger partial charge in [0, 0.05) is 17.3 Å². The first-order valence-corrected chi connectivity index (χ1v) is 7.83. The number of urea groups is 1. The van der Waals surface area contributed by atoms with Gasteiger partial charge in [-0.2, -0.15) is 0 Å². The molecule has 9 heteroatoms. The average molecular weight is 361 g/mol. The van der Waals surface area contributed by atoms with Gasteiger partial charge in [0.15, 0.2) is 0 Å². The van der Waals surface area contributed by atoms with Crippen LogP contribution in [0.15, 0.2) is 42.7 Å². The fraction of sp³-hybridized carbons (Fsp3) is 0.176. The van der Waals surface area contributed by atoms with Crippen LogP contribution in [0.4, 0.5) is 35.2 Å². The van der Waals surface area contributed by atoms with E-state index in [1.165, 1.54) is 17.3 Å². The summed E-state index contributed by atoms with van der Waals surface area (Å²) in [5.41, 5.74) is 1.48. The van der Waals surface area contributed by atoms with Crippen molar-refractivity contribution in [1.82, 2.24) is 9.97 Å². The maximum Gasteiger partial charge on any atom is 0.323 e. The number of carbonyl (C=O) groups excluding carboxylic acids is 1. The molecule has 1 saturated heterocycles. The lowest BCUT2D eigenvalue weighted by Crippen LogP contribution is -2.56. The van der Waals surface area contributed by atoms with Gasteiger partial charge in [-0.1, -0.05) is 0 Å². The van der Waals surface area contributed by atoms with Gasteiger partial charge in [0.25, 0.3) is 5.92 Å². The van der Waals surface area contributed by atoms with Gasteiger partial charge in [-0.15, -0.1) is 0 Å². The Balaban J connectivity index is 1.38. The second kappa shape index (κ2) is 5.94. The lowest BCUT2D eigenvalue weighted by molar-refractivity contribution is -0.0266. The van der Waals surface area contributed by atoms with E-state index in [9.17, 15) is 18.0 Å². The molecular formula is C17H14F3N5O. The van der Waals surface area contributed by atoms with Crippen molar-refractivity contribution >= 4 is 34.1 Å². The lowest BCUT2D eigenvalue weighted by atomic mass is 10.1. The molecule has 3 aromatic rings. The van der Waals surface area contributed by atoms with Crippen LogP contribution in [-0.4, -0.2) is 35.0 Å². The maximum atomic E-state index is 13.4. The minimum absolute atomic E-state index is 0.352. The van der Waals surface area contributed by atoms with Gasteiger partial charge in [0.1, 0.15) is 11.6 Å². The summed E-state index contributed by atoms with van der Waals surface area (Å²) in [6, 6.07) is 7.42. The standard InChI is InChI=1S/C17H14F3N5O/c18-13-7-21-14-5-10(1-3-12(13)14)23-16(26)24-11-2-4-15(22-6-11)25-8-17(19,20)9-25/h1-7,21H,8-9H2,(H2,23,24,26). The SMILES string of the molecule is O=C(Nc1ccc(N2CC(F)(F)C2)nc1)Nc1ccc2c(F)c[nH]c2c1. The Bertz CT molecular complexity index is 962. The molecule has 0 saturated carbocycles. The van der Waals surface area contributed by atoms with Crippen LogP contribution in [-0.2, 0) is 0 Å². The minimum Gasteiger partial charge on any atom is -0.358 e. The Morgan fingerprint density at radius 1 is 1.15 bits per heavy atom. The first kappa shape index (κ1) is 16.2. The molecule has 4 rings (SSSR count). The van der Waals surface area contributed by atoms with Crippen LogP contribution < -0.4 is 15.5 Å². The van der Waals surface area contributed by atoms with Crippen LogP contribution in [0.1, 0.15) is 0 Å². The van der Waals surface area contributed by atoms with Crippen molar-refractivity contribution in [1.29, 1.82) is 0 Å². The molecule has 0 atom stereocenters. The second-order valence-electron chi connectivity index (χ2n) is 6.09. The molecule has 3 heterocycles. The molecule has 134 valence electrons. The fourth-order valence-corrected chi connectivity index (χ4v) is 2.78. The number of fused-ring (bicyclic) bond motifs is 1. The van der Waals surface area contributed by atoms with Crippen LogP contribution in [0.25, 0.3) is 10.9 Å². The summed E-state index contributed by atoms with van der Waals surface area (Å²) in [7, 11) is 0. The summed E-state index contributed by atoms with van der Waals surface area (Å²) in [5.74, 6) is -2.59. The zero-order valence-electron chi connectivity index (χ0n) is 13.4. The number of amides is 2. The molecule has 0 bridgehead atoms. The Labute approximate surface area is 146 Å². The molecule has 1 aliphatic rings. The van der Waals surface area contributed by atoms with Crippen molar-refractivity contribution in [3.8, 4) is 0 Å². The number of rotatable bonds is 3. The molecule has 6 nitrogen and oxygen atoms in total. The summed E-state index contributed by atoms with van der Waals surface area (Å²) < 4.78 is 39.2. The van der Waals surface area contributed by atoms with Gasteiger partial charge in [-0.05, 0) is 30.3 Å². The van der Waals surface area contributed by atoms with E-state index >= 15 is 0 Å². The quantitative estimate of drug-likeness (QED) is 0.664. The largest absolute Gasteiger partial charge is 0.358 e. The highest BCUT2D eigenvalue weighted by Gasteiger charge is 2.44. The number of nitrogens with zero attached hydrogens (tertiary/aromatic N) is 2. The van der Waals surface area contributed by atoms with Crippen LogP contribution in [0.3, 0.4) is 0 Å². The zero-order chi connectivity index (χ0) is 18.3. The van der Waals surface area contributed by atoms with Gasteiger partial charge in [-0.3, -0.25) is 0 Å². The number of pyridine rings is 1. The summed E-state index contributed by atoms with van der Waals surface area (Å²) in [5, 5.41) is 5.67. The molecule has 1 fully saturated rings. The summed E-state index contributed by atoms with van der Waals surface area (Å²) in [4.78, 5) is 20.3. The third-order valence-electron chi connectivity index (χ3n) is 4.06. The molecule has 2 amide bonds. The number of anilines is 3. The number of nitrogens with one attached hydrogen (secondary N) is 3. The van der Waals surface area contributed by atoms with Crippen molar-refractivity contribution in [2.24, 2.45) is 0 Å². The predicted octanol–water partition coefficient (Wildman–Crippen LogP) is 3.80. The van der Waals surface area contributed by atoms with Crippen LogP contribution >= 0.6 is 0 Å². The van der Waals surface area contributed by atoms with Crippen LogP contribution in [0, 0.1) is 5.82 Å². The van der Waals surface area contributed by atoms with Gasteiger partial charge in [0.05, 0.1) is 30.5 Å². The van der Waals surface area contributed by atoms with E-state index < -0.39 is 12.0 Å². The van der Waals surface area contributed by atoms with Crippen molar-refractivity contribution in [3.63, 3.8) is 0 Å². The minimum atomic E-state index is -2.67. The average Bonchev–Trinajstić information content (AvgIpc) is 2.94. The number of carbonyl (C=O) groups is 1. The van der Waals surface area contributed by atoms with E-state index in [2.05, 4.69) is 20.6 Å². The predicted molar refractivity (Wildman–Crippen MR) is 92.3 cm³/mol. The number of aromatic amines is 1. The monoisotopic (exact) mass is 361 g/mol. The van der Waals surface area contributed by atoms with Crippen molar-refractivity contribution < 1.29 is 18.0 Å². The third kappa shape index (κ3) is 3.15. The number of benzene rings is 1. The number of hydrogen-bond donors (Lipinski definition) is 3. The molecular weight excluding hydrogens is 347 g/mol. The summed E-state index contributed by atoms with van der Waals surface area (Å²) in [6.45, 7) is -0.704. The van der Waals surface area contributed by atoms with Gasteiger partial charge >= 0.3 is 6.03 Å². The molecule has 3 N–H and O–H groups in total. The highest BCUT2D eigenvalue weighted by atomic mass is 19.3. The topological polar surface area (TPSA) is 73.1 Å². The molecule has 0 radical (unpaired) electrons. The molecule has 1 aromatic carbocycles. The van der Waals surface area contributed by atoms with E-state index in [-0.39, 0.29) is 18.9 Å². The van der Waals surface area contributed by atoms with Crippen molar-refractivity contribution in [3.05, 3.63) is 48.5 Å². The normalized spacial score (nSPS) is 15.6. The maximum absolute atomic E-state index is 13.4. The third-order valence-corrected chi connectivity index (χ3v) is 4.06. The summed E-state index contributed by atoms with van der Waals surface area (Å²) in [6.07, 6.45) is 2.64. The fourth-order valence-electron chi connectivity index (χ4n) is 2.78. The molecule has 0 aliphatic carbocycles. The number of aromatic nitrogens is 2. The number of H-pyrrole nitrogens is 1.